The Balaban J connectivity index is 1.91. The number of aryl methyl sites for hydroxylation is 2. The number of carbonyl (C=O) groups excluding carboxylic acids is 1. The molecule has 0 aliphatic heterocycles. The summed E-state index contributed by atoms with van der Waals surface area (Å²) in [5, 5.41) is 2.79. The van der Waals surface area contributed by atoms with Crippen LogP contribution < -0.4 is 15.8 Å². The minimum atomic E-state index is -0.184. The van der Waals surface area contributed by atoms with Crippen molar-refractivity contribution in [2.24, 2.45) is 5.73 Å². The molecule has 0 aliphatic rings. The summed E-state index contributed by atoms with van der Waals surface area (Å²) in [6.07, 6.45) is 0. The molecule has 21 heavy (non-hydrogen) atoms. The zero-order chi connectivity index (χ0) is 15.2. The molecule has 0 aliphatic carbocycles. The maximum atomic E-state index is 11.9. The molecule has 3 N–H and O–H groups in total. The van der Waals surface area contributed by atoms with E-state index in [4.69, 9.17) is 10.5 Å². The number of rotatable bonds is 5. The van der Waals surface area contributed by atoms with Gasteiger partial charge < -0.3 is 15.8 Å². The predicted octanol–water partition coefficient (Wildman–Crippen LogP) is 2.78. The van der Waals surface area contributed by atoms with Gasteiger partial charge in [0.1, 0.15) is 5.75 Å². The minimum Gasteiger partial charge on any atom is -0.483 e. The van der Waals surface area contributed by atoms with Crippen LogP contribution in [0.25, 0.3) is 0 Å². The molecule has 4 heteroatoms. The van der Waals surface area contributed by atoms with E-state index in [0.717, 1.165) is 28.1 Å². The van der Waals surface area contributed by atoms with E-state index >= 15 is 0 Å². The number of benzene rings is 2. The Morgan fingerprint density at radius 1 is 1.14 bits per heavy atom. The second kappa shape index (κ2) is 6.90. The molecular formula is C17H20N2O2. The first kappa shape index (κ1) is 15.1. The molecule has 2 rings (SSSR count). The average molecular weight is 284 g/mol. The normalized spacial score (nSPS) is 10.2. The van der Waals surface area contributed by atoms with Crippen molar-refractivity contribution < 1.29 is 9.53 Å². The monoisotopic (exact) mass is 284 g/mol. The Bertz CT molecular complexity index is 621. The third-order valence-electron chi connectivity index (χ3n) is 3.18. The van der Waals surface area contributed by atoms with Crippen LogP contribution in [0.2, 0.25) is 0 Å². The molecule has 2 aromatic carbocycles. The van der Waals surface area contributed by atoms with Crippen molar-refractivity contribution in [3.8, 4) is 5.75 Å². The van der Waals surface area contributed by atoms with Gasteiger partial charge in [-0.3, -0.25) is 4.79 Å². The van der Waals surface area contributed by atoms with Crippen LogP contribution in [0.3, 0.4) is 0 Å². The van der Waals surface area contributed by atoms with E-state index in [1.807, 2.05) is 56.3 Å². The summed E-state index contributed by atoms with van der Waals surface area (Å²) in [5.74, 6) is 0.556. The van der Waals surface area contributed by atoms with Crippen molar-refractivity contribution in [2.75, 3.05) is 11.9 Å². The van der Waals surface area contributed by atoms with Crippen LogP contribution in [0.15, 0.2) is 42.5 Å². The fourth-order valence-electron chi connectivity index (χ4n) is 1.93. The highest BCUT2D eigenvalue weighted by atomic mass is 16.5. The van der Waals surface area contributed by atoms with Crippen molar-refractivity contribution in [1.82, 2.24) is 0 Å². The Morgan fingerprint density at radius 3 is 2.52 bits per heavy atom. The fourth-order valence-corrected chi connectivity index (χ4v) is 1.93. The molecule has 0 unspecified atom stereocenters. The van der Waals surface area contributed by atoms with Gasteiger partial charge in [-0.25, -0.2) is 0 Å². The van der Waals surface area contributed by atoms with Crippen molar-refractivity contribution >= 4 is 11.6 Å². The summed E-state index contributed by atoms with van der Waals surface area (Å²) in [4.78, 5) is 11.9. The molecule has 110 valence electrons. The van der Waals surface area contributed by atoms with Crippen LogP contribution in [0.4, 0.5) is 5.69 Å². The number of hydrogen-bond donors (Lipinski definition) is 2. The summed E-state index contributed by atoms with van der Waals surface area (Å²) in [5.41, 5.74) is 9.42. The van der Waals surface area contributed by atoms with Crippen LogP contribution in [-0.4, -0.2) is 12.5 Å². The summed E-state index contributed by atoms with van der Waals surface area (Å²) in [7, 11) is 0. The number of nitrogens with two attached hydrogens (primary N) is 1. The summed E-state index contributed by atoms with van der Waals surface area (Å²) >= 11 is 0. The molecule has 0 fully saturated rings. The Hall–Kier alpha value is -2.33. The summed E-state index contributed by atoms with van der Waals surface area (Å²) in [6, 6.07) is 13.4. The highest BCUT2D eigenvalue weighted by Crippen LogP contribution is 2.19. The van der Waals surface area contributed by atoms with Gasteiger partial charge in [-0.1, -0.05) is 24.3 Å². The van der Waals surface area contributed by atoms with Gasteiger partial charge in [0.25, 0.3) is 5.91 Å². The Labute approximate surface area is 124 Å². The molecule has 0 atom stereocenters. The van der Waals surface area contributed by atoms with E-state index in [9.17, 15) is 4.79 Å². The zero-order valence-corrected chi connectivity index (χ0v) is 12.3. The second-order valence-corrected chi connectivity index (χ2v) is 5.01. The van der Waals surface area contributed by atoms with Gasteiger partial charge >= 0.3 is 0 Å². The zero-order valence-electron chi connectivity index (χ0n) is 12.3. The molecule has 0 saturated heterocycles. The van der Waals surface area contributed by atoms with Crippen molar-refractivity contribution in [2.45, 2.75) is 20.4 Å². The van der Waals surface area contributed by atoms with E-state index in [1.165, 1.54) is 0 Å². The van der Waals surface area contributed by atoms with Gasteiger partial charge in [-0.15, -0.1) is 0 Å². The quantitative estimate of drug-likeness (QED) is 0.887. The molecule has 0 spiro atoms. The lowest BCUT2D eigenvalue weighted by Gasteiger charge is -2.10. The average Bonchev–Trinajstić information content (AvgIpc) is 2.49. The molecule has 0 radical (unpaired) electrons. The highest BCUT2D eigenvalue weighted by Gasteiger charge is 2.06. The maximum absolute atomic E-state index is 11.9. The predicted molar refractivity (Wildman–Crippen MR) is 84.4 cm³/mol. The van der Waals surface area contributed by atoms with Gasteiger partial charge in [0.2, 0.25) is 0 Å². The maximum Gasteiger partial charge on any atom is 0.262 e. The van der Waals surface area contributed by atoms with E-state index in [2.05, 4.69) is 5.32 Å². The number of ether oxygens (including phenoxy) is 1. The lowest BCUT2D eigenvalue weighted by Crippen LogP contribution is -2.20. The molecule has 0 bridgehead atoms. The Kier molecular flexibility index (Phi) is 4.95. The van der Waals surface area contributed by atoms with E-state index in [-0.39, 0.29) is 12.5 Å². The van der Waals surface area contributed by atoms with Gasteiger partial charge in [0, 0.05) is 12.2 Å². The van der Waals surface area contributed by atoms with Crippen molar-refractivity contribution in [3.63, 3.8) is 0 Å². The van der Waals surface area contributed by atoms with Gasteiger partial charge in [-0.05, 0) is 48.7 Å². The SMILES string of the molecule is Cc1ccc(C)c(OCC(=O)Nc2ccc(CN)cc2)c1. The molecule has 1 amide bonds. The first-order valence-corrected chi connectivity index (χ1v) is 6.87. The first-order valence-electron chi connectivity index (χ1n) is 6.87. The minimum absolute atomic E-state index is 0.0110. The first-order chi connectivity index (χ1) is 10.1. The third kappa shape index (κ3) is 4.33. The highest BCUT2D eigenvalue weighted by molar-refractivity contribution is 5.91. The van der Waals surface area contributed by atoms with E-state index in [0.29, 0.717) is 6.54 Å². The smallest absolute Gasteiger partial charge is 0.262 e. The topological polar surface area (TPSA) is 64.3 Å². The van der Waals surface area contributed by atoms with Crippen molar-refractivity contribution in [1.29, 1.82) is 0 Å². The Morgan fingerprint density at radius 2 is 1.86 bits per heavy atom. The number of amides is 1. The van der Waals surface area contributed by atoms with Crippen LogP contribution >= 0.6 is 0 Å². The number of carbonyl (C=O) groups is 1. The van der Waals surface area contributed by atoms with Crippen LogP contribution in [-0.2, 0) is 11.3 Å². The number of nitrogens with one attached hydrogen (secondary N) is 1. The van der Waals surface area contributed by atoms with Crippen LogP contribution in [0, 0.1) is 13.8 Å². The van der Waals surface area contributed by atoms with Gasteiger partial charge in [0.05, 0.1) is 0 Å². The molecule has 0 heterocycles. The lowest BCUT2D eigenvalue weighted by molar-refractivity contribution is -0.118. The molecule has 0 saturated carbocycles. The van der Waals surface area contributed by atoms with E-state index in [1.54, 1.807) is 0 Å². The number of hydrogen-bond acceptors (Lipinski definition) is 3. The molecule has 0 aromatic heterocycles. The largest absolute Gasteiger partial charge is 0.483 e. The molecular weight excluding hydrogens is 264 g/mol. The standard InChI is InChI=1S/C17H20N2O2/c1-12-3-4-13(2)16(9-12)21-11-17(20)19-15-7-5-14(10-18)6-8-15/h3-9H,10-11,18H2,1-2H3,(H,19,20). The van der Waals surface area contributed by atoms with Gasteiger partial charge in [-0.2, -0.15) is 0 Å². The van der Waals surface area contributed by atoms with E-state index < -0.39 is 0 Å². The second-order valence-electron chi connectivity index (χ2n) is 5.01. The van der Waals surface area contributed by atoms with Gasteiger partial charge in [0.15, 0.2) is 6.61 Å². The molecule has 4 nitrogen and oxygen atoms in total. The lowest BCUT2D eigenvalue weighted by atomic mass is 10.1. The van der Waals surface area contributed by atoms with Crippen LogP contribution in [0.1, 0.15) is 16.7 Å². The number of anilines is 1. The van der Waals surface area contributed by atoms with Crippen molar-refractivity contribution in [3.05, 3.63) is 59.2 Å². The summed E-state index contributed by atoms with van der Waals surface area (Å²) in [6.45, 7) is 4.43. The summed E-state index contributed by atoms with van der Waals surface area (Å²) < 4.78 is 5.56. The van der Waals surface area contributed by atoms with Crippen LogP contribution in [0.5, 0.6) is 5.75 Å². The fraction of sp³-hybridized carbons (Fsp3) is 0.235. The third-order valence-corrected chi connectivity index (χ3v) is 3.18. The molecule has 2 aromatic rings.